The fourth-order valence-corrected chi connectivity index (χ4v) is 3.94. The molecule has 0 spiro atoms. The van der Waals surface area contributed by atoms with E-state index >= 15 is 0 Å². The molecule has 0 saturated heterocycles. The predicted octanol–water partition coefficient (Wildman–Crippen LogP) is 4.28. The first-order chi connectivity index (χ1) is 14.4. The third-order valence-electron chi connectivity index (χ3n) is 5.00. The Bertz CT molecular complexity index is 1040. The Kier molecular flexibility index (Phi) is 9.47. The summed E-state index contributed by atoms with van der Waals surface area (Å²) in [6.45, 7) is 11.7. The Morgan fingerprint density at radius 3 is 2.03 bits per heavy atom. The lowest BCUT2D eigenvalue weighted by molar-refractivity contribution is 0.0687. The van der Waals surface area contributed by atoms with Crippen molar-refractivity contribution in [2.24, 2.45) is 7.05 Å². The van der Waals surface area contributed by atoms with E-state index in [1.165, 1.54) is 5.56 Å². The van der Waals surface area contributed by atoms with E-state index < -0.39 is 16.0 Å². The first kappa shape index (κ1) is 26.4. The summed E-state index contributed by atoms with van der Waals surface area (Å²) in [4.78, 5) is 11.7. The van der Waals surface area contributed by atoms with Gasteiger partial charge >= 0.3 is 5.97 Å². The van der Waals surface area contributed by atoms with Crippen LogP contribution in [0.3, 0.4) is 0 Å². The van der Waals surface area contributed by atoms with E-state index in [2.05, 4.69) is 24.6 Å². The third-order valence-corrected chi connectivity index (χ3v) is 6.93. The smallest absolute Gasteiger partial charge is 0.353 e. The van der Waals surface area contributed by atoms with Crippen molar-refractivity contribution in [2.45, 2.75) is 59.1 Å². The third kappa shape index (κ3) is 6.18. The van der Waals surface area contributed by atoms with Gasteiger partial charge in [0.1, 0.15) is 11.8 Å². The molecule has 0 aliphatic rings. The van der Waals surface area contributed by atoms with Crippen LogP contribution in [0.25, 0.3) is 11.1 Å². The van der Waals surface area contributed by atoms with E-state index in [0.29, 0.717) is 30.0 Å². The summed E-state index contributed by atoms with van der Waals surface area (Å²) in [7, 11) is -1.29. The summed E-state index contributed by atoms with van der Waals surface area (Å²) in [5.41, 5.74) is 3.86. The van der Waals surface area contributed by atoms with Crippen LogP contribution in [0.15, 0.2) is 24.3 Å². The van der Waals surface area contributed by atoms with Gasteiger partial charge in [0.25, 0.3) is 0 Å². The van der Waals surface area contributed by atoms with E-state index in [9.17, 15) is 23.6 Å². The number of nitrogens with zero attached hydrogens (tertiary/aromatic N) is 2. The Morgan fingerprint density at radius 1 is 1.16 bits per heavy atom. The Morgan fingerprint density at radius 2 is 1.71 bits per heavy atom. The topological polar surface area (TPSA) is 112 Å². The molecule has 0 radical (unpaired) electrons. The molecule has 2 aromatic rings. The molecule has 0 aliphatic heterocycles. The number of carboxylic acids is 1. The molecule has 0 amide bonds. The lowest BCUT2D eigenvalue weighted by Gasteiger charge is -2.08. The van der Waals surface area contributed by atoms with Crippen molar-refractivity contribution in [1.29, 1.82) is 5.26 Å². The molecule has 1 aromatic heterocycles. The van der Waals surface area contributed by atoms with Crippen molar-refractivity contribution in [3.8, 4) is 17.2 Å². The molecule has 31 heavy (non-hydrogen) atoms. The molecule has 0 fully saturated rings. The first-order valence-electron chi connectivity index (χ1n) is 10.4. The van der Waals surface area contributed by atoms with Gasteiger partial charge in [-0.25, -0.2) is 17.9 Å². The number of sulfonamides is 1. The Labute approximate surface area is 185 Å². The fraction of sp³-hybridized carbons (Fsp3) is 0.478. The van der Waals surface area contributed by atoms with Crippen LogP contribution in [0.2, 0.25) is 0 Å². The highest BCUT2D eigenvalue weighted by Gasteiger charge is 2.25. The highest BCUT2D eigenvalue weighted by Crippen LogP contribution is 2.33. The second kappa shape index (κ2) is 11.1. The quantitative estimate of drug-likeness (QED) is 0.658. The lowest BCUT2D eigenvalue weighted by atomic mass is 9.96. The highest BCUT2D eigenvalue weighted by molar-refractivity contribution is 7.90. The van der Waals surface area contributed by atoms with Gasteiger partial charge < -0.3 is 9.67 Å². The zero-order valence-electron chi connectivity index (χ0n) is 19.4. The minimum Gasteiger partial charge on any atom is -0.477 e. The van der Waals surface area contributed by atoms with Crippen LogP contribution in [0.5, 0.6) is 0 Å². The van der Waals surface area contributed by atoms with E-state index in [-0.39, 0.29) is 10.9 Å². The van der Waals surface area contributed by atoms with Gasteiger partial charge in [0, 0.05) is 24.8 Å². The van der Waals surface area contributed by atoms with Gasteiger partial charge in [-0.3, -0.25) is 0 Å². The van der Waals surface area contributed by atoms with E-state index in [0.717, 1.165) is 11.3 Å². The number of hydrogen-bond acceptors (Lipinski definition) is 4. The lowest BCUT2D eigenvalue weighted by Crippen LogP contribution is -2.30. The predicted molar refractivity (Wildman–Crippen MR) is 124 cm³/mol. The first-order valence-corrected chi connectivity index (χ1v) is 11.9. The molecule has 1 aromatic carbocycles. The summed E-state index contributed by atoms with van der Waals surface area (Å²) in [6.07, 6.45) is 0.615. The highest BCUT2D eigenvalue weighted by atomic mass is 32.2. The van der Waals surface area contributed by atoms with E-state index in [1.54, 1.807) is 32.4 Å². The van der Waals surface area contributed by atoms with Crippen molar-refractivity contribution in [3.05, 3.63) is 46.8 Å². The average molecular weight is 448 g/mol. The number of nitriles is 1. The van der Waals surface area contributed by atoms with Crippen LogP contribution in [0.1, 0.15) is 74.8 Å². The molecular weight excluding hydrogens is 414 g/mol. The van der Waals surface area contributed by atoms with Gasteiger partial charge in [0.15, 0.2) is 0 Å². The molecule has 8 heteroatoms. The summed E-state index contributed by atoms with van der Waals surface area (Å²) in [6, 6.07) is 9.97. The fourth-order valence-electron chi connectivity index (χ4n) is 3.20. The molecule has 0 saturated carbocycles. The van der Waals surface area contributed by atoms with E-state index in [4.69, 9.17) is 0 Å². The normalized spacial score (nSPS) is 11.2. The SMILES string of the molecule is CCNS(=O)(=O)C(C)C.CCc1c(C#N)c(-c2ccc(C(C)C)cc2)c(C(=O)O)n1C. The zero-order chi connectivity index (χ0) is 23.9. The van der Waals surface area contributed by atoms with Crippen molar-refractivity contribution in [3.63, 3.8) is 0 Å². The molecule has 2 rings (SSSR count). The zero-order valence-corrected chi connectivity index (χ0v) is 20.2. The minimum absolute atomic E-state index is 0.172. The van der Waals surface area contributed by atoms with Crippen LogP contribution < -0.4 is 4.72 Å². The molecule has 170 valence electrons. The molecule has 7 nitrogen and oxygen atoms in total. The van der Waals surface area contributed by atoms with Crippen LogP contribution in [0.4, 0.5) is 0 Å². The number of aromatic nitrogens is 1. The standard InChI is InChI=1S/C18H20N2O2.C5H13NO2S/c1-5-15-14(10-19)16(17(18(21)22)20(15)4)13-8-6-12(7-9-13)11(2)3;1-4-6-9(7,8)5(2)3/h6-9,11H,5H2,1-4H3,(H,21,22);5-6H,4H2,1-3H3. The van der Waals surface area contributed by atoms with Crippen LogP contribution in [-0.4, -0.2) is 35.9 Å². The van der Waals surface area contributed by atoms with Gasteiger partial charge in [-0.1, -0.05) is 52.0 Å². The Balaban J connectivity index is 0.000000452. The maximum absolute atomic E-state index is 11.7. The van der Waals surface area contributed by atoms with Crippen molar-refractivity contribution in [2.75, 3.05) is 6.54 Å². The molecule has 0 bridgehead atoms. The molecule has 0 aliphatic carbocycles. The Hall–Kier alpha value is -2.63. The summed E-state index contributed by atoms with van der Waals surface area (Å²) in [5.74, 6) is -0.605. The monoisotopic (exact) mass is 447 g/mol. The van der Waals surface area contributed by atoms with E-state index in [1.807, 2.05) is 31.2 Å². The second-order valence-corrected chi connectivity index (χ2v) is 10.1. The van der Waals surface area contributed by atoms with Crippen molar-refractivity contribution in [1.82, 2.24) is 9.29 Å². The van der Waals surface area contributed by atoms with Crippen LogP contribution >= 0.6 is 0 Å². The number of carboxylic acid groups (broad SMARTS) is 1. The summed E-state index contributed by atoms with van der Waals surface area (Å²) < 4.78 is 25.6. The van der Waals surface area contributed by atoms with Crippen LogP contribution in [-0.2, 0) is 23.5 Å². The summed E-state index contributed by atoms with van der Waals surface area (Å²) in [5, 5.41) is 18.7. The molecule has 0 atom stereocenters. The molecule has 2 N–H and O–H groups in total. The van der Waals surface area contributed by atoms with Gasteiger partial charge in [0.05, 0.1) is 10.8 Å². The van der Waals surface area contributed by atoms with Crippen molar-refractivity contribution < 1.29 is 18.3 Å². The number of aromatic carboxylic acids is 1. The second-order valence-electron chi connectivity index (χ2n) is 7.74. The number of rotatable bonds is 7. The van der Waals surface area contributed by atoms with Gasteiger partial charge in [-0.15, -0.1) is 0 Å². The van der Waals surface area contributed by atoms with Gasteiger partial charge in [-0.05, 0) is 37.3 Å². The maximum Gasteiger partial charge on any atom is 0.353 e. The summed E-state index contributed by atoms with van der Waals surface area (Å²) >= 11 is 0. The van der Waals surface area contributed by atoms with Crippen LogP contribution in [0, 0.1) is 11.3 Å². The number of benzene rings is 1. The molecular formula is C23H33N3O4S. The average Bonchev–Trinajstić information content (AvgIpc) is 2.99. The number of nitrogens with one attached hydrogen (secondary N) is 1. The largest absolute Gasteiger partial charge is 0.477 e. The number of hydrogen-bond donors (Lipinski definition) is 2. The molecule has 0 unspecified atom stereocenters. The molecule has 1 heterocycles. The number of carbonyl (C=O) groups is 1. The van der Waals surface area contributed by atoms with Gasteiger partial charge in [0.2, 0.25) is 10.0 Å². The van der Waals surface area contributed by atoms with Gasteiger partial charge in [-0.2, -0.15) is 5.26 Å². The minimum atomic E-state index is -3.00. The maximum atomic E-state index is 11.7. The van der Waals surface area contributed by atoms with Crippen molar-refractivity contribution >= 4 is 16.0 Å².